The van der Waals surface area contributed by atoms with E-state index in [4.69, 9.17) is 23.7 Å². The average molecular weight is 645 g/mol. The Labute approximate surface area is 270 Å². The first kappa shape index (κ1) is 32.3. The smallest absolute Gasteiger partial charge is 0.338 e. The van der Waals surface area contributed by atoms with Crippen molar-refractivity contribution >= 4 is 41.4 Å². The van der Waals surface area contributed by atoms with Crippen LogP contribution in [0.2, 0.25) is 0 Å². The second-order valence-electron chi connectivity index (χ2n) is 9.96. The van der Waals surface area contributed by atoms with Crippen LogP contribution in [0, 0.1) is 0 Å². The van der Waals surface area contributed by atoms with E-state index in [2.05, 4.69) is 0 Å². The molecule has 8 nitrogen and oxygen atoms in total. The van der Waals surface area contributed by atoms with E-state index in [0.29, 0.717) is 17.1 Å². The van der Waals surface area contributed by atoms with Crippen molar-refractivity contribution in [2.24, 2.45) is 0 Å². The topological polar surface area (TPSA) is 97.4 Å². The Morgan fingerprint density at radius 3 is 1.49 bits per heavy atom. The molecule has 232 valence electrons. The fourth-order valence-corrected chi connectivity index (χ4v) is 6.08. The van der Waals surface area contributed by atoms with Crippen molar-refractivity contribution in [2.45, 2.75) is 34.7 Å². The predicted molar refractivity (Wildman–Crippen MR) is 172 cm³/mol. The highest BCUT2D eigenvalue weighted by Crippen LogP contribution is 2.38. The van der Waals surface area contributed by atoms with Crippen molar-refractivity contribution in [1.82, 2.24) is 0 Å². The second kappa shape index (κ2) is 16.3. The van der Waals surface area contributed by atoms with Gasteiger partial charge < -0.3 is 23.7 Å². The normalized spacial score (nSPS) is 21.0. The van der Waals surface area contributed by atoms with Crippen LogP contribution in [-0.2, 0) is 23.7 Å². The quantitative estimate of drug-likeness (QED) is 0.0734. The average Bonchev–Trinajstić information content (AvgIpc) is 3.09. The second-order valence-corrected chi connectivity index (χ2v) is 11.9. The van der Waals surface area contributed by atoms with Crippen LogP contribution in [0.5, 0.6) is 0 Å². The number of rotatable bonds is 12. The zero-order chi connectivity index (χ0) is 31.4. The third-order valence-corrected chi connectivity index (χ3v) is 8.39. The molecule has 0 radical (unpaired) electrons. The maximum Gasteiger partial charge on any atom is 0.338 e. The third-order valence-electron chi connectivity index (χ3n) is 6.83. The molecule has 1 aliphatic rings. The van der Waals surface area contributed by atoms with E-state index >= 15 is 0 Å². The van der Waals surface area contributed by atoms with Crippen molar-refractivity contribution in [3.8, 4) is 0 Å². The van der Waals surface area contributed by atoms with E-state index in [0.717, 1.165) is 4.90 Å². The Kier molecular flexibility index (Phi) is 11.7. The molecule has 4 aromatic carbocycles. The minimum Gasteiger partial charge on any atom is -0.452 e. The van der Waals surface area contributed by atoms with Crippen LogP contribution in [0.1, 0.15) is 31.1 Å². The number of esters is 3. The van der Waals surface area contributed by atoms with Crippen LogP contribution in [0.4, 0.5) is 0 Å². The van der Waals surface area contributed by atoms with E-state index in [1.807, 2.05) is 36.6 Å². The van der Waals surface area contributed by atoms with Crippen LogP contribution in [-0.4, -0.2) is 66.6 Å². The summed E-state index contributed by atoms with van der Waals surface area (Å²) < 4.78 is 30.7. The van der Waals surface area contributed by atoms with E-state index in [9.17, 15) is 14.4 Å². The highest BCUT2D eigenvalue weighted by molar-refractivity contribution is 7.99. The molecule has 1 fully saturated rings. The Morgan fingerprint density at radius 1 is 0.600 bits per heavy atom. The molecule has 0 spiro atoms. The molecule has 0 aromatic heterocycles. The van der Waals surface area contributed by atoms with Gasteiger partial charge in [0, 0.05) is 4.90 Å². The van der Waals surface area contributed by atoms with Gasteiger partial charge in [-0.25, -0.2) is 14.4 Å². The number of hydrogen-bond donors (Lipinski definition) is 0. The van der Waals surface area contributed by atoms with Gasteiger partial charge in [-0.2, -0.15) is 0 Å². The number of carbonyl (C=O) groups excluding carboxylic acids is 3. The van der Waals surface area contributed by atoms with Gasteiger partial charge in [0.2, 0.25) is 0 Å². The predicted octanol–water partition coefficient (Wildman–Crippen LogP) is 6.52. The largest absolute Gasteiger partial charge is 0.452 e. The highest BCUT2D eigenvalue weighted by Gasteiger charge is 2.53. The summed E-state index contributed by atoms with van der Waals surface area (Å²) in [6.07, 6.45) is -2.59. The monoisotopic (exact) mass is 644 g/mol. The SMILES string of the molecule is CSCOC[C@H]1O[C@@H](Sc2ccccc2)[C@H](OC(=O)c2ccccc2)[C@@H](OC(=O)c2ccccc2)[C@H]1OC(=O)c1ccccc1. The van der Waals surface area contributed by atoms with Crippen molar-refractivity contribution in [2.75, 3.05) is 18.8 Å². The van der Waals surface area contributed by atoms with Gasteiger partial charge in [-0.1, -0.05) is 84.6 Å². The number of benzene rings is 4. The Hall–Kier alpha value is -4.09. The zero-order valence-corrected chi connectivity index (χ0v) is 26.1. The number of thioether (sulfide) groups is 2. The molecule has 4 aromatic rings. The van der Waals surface area contributed by atoms with E-state index < -0.39 is 47.8 Å². The molecule has 5 atom stereocenters. The summed E-state index contributed by atoms with van der Waals surface area (Å²) in [6.45, 7) is 0.0260. The lowest BCUT2D eigenvalue weighted by molar-refractivity contribution is -0.209. The van der Waals surface area contributed by atoms with Crippen molar-refractivity contribution in [3.63, 3.8) is 0 Å². The van der Waals surface area contributed by atoms with E-state index in [-0.39, 0.29) is 12.2 Å². The van der Waals surface area contributed by atoms with Gasteiger partial charge >= 0.3 is 17.9 Å². The van der Waals surface area contributed by atoms with Gasteiger partial charge in [-0.3, -0.25) is 0 Å². The fraction of sp³-hybridized carbons (Fsp3) is 0.229. The Bertz CT molecular complexity index is 1520. The molecule has 1 aliphatic heterocycles. The first-order chi connectivity index (χ1) is 22.0. The molecule has 0 N–H and O–H groups in total. The molecule has 0 saturated carbocycles. The lowest BCUT2D eigenvalue weighted by atomic mass is 9.98. The number of ether oxygens (including phenoxy) is 5. The molecule has 10 heteroatoms. The molecule has 0 amide bonds. The lowest BCUT2D eigenvalue weighted by Crippen LogP contribution is -2.61. The van der Waals surface area contributed by atoms with Crippen LogP contribution >= 0.6 is 23.5 Å². The molecule has 45 heavy (non-hydrogen) atoms. The van der Waals surface area contributed by atoms with Crippen molar-refractivity contribution < 1.29 is 38.1 Å². The van der Waals surface area contributed by atoms with E-state index in [1.54, 1.807) is 91.0 Å². The van der Waals surface area contributed by atoms with Crippen LogP contribution in [0.15, 0.2) is 126 Å². The molecule has 1 saturated heterocycles. The zero-order valence-electron chi connectivity index (χ0n) is 24.4. The number of carbonyl (C=O) groups is 3. The standard InChI is InChI=1S/C35H32O8S2/c1-44-23-39-22-28-29(41-32(36)24-14-6-2-7-15-24)30(42-33(37)25-16-8-3-9-17-25)31(43-34(38)26-18-10-4-11-19-26)35(40-28)45-27-20-12-5-13-21-27/h2-21,28-31,35H,22-23H2,1H3/t28-,29+,30+,31-,35+/m1/s1. The molecule has 0 aliphatic carbocycles. The molecule has 0 bridgehead atoms. The Morgan fingerprint density at radius 2 is 1.02 bits per heavy atom. The maximum absolute atomic E-state index is 13.6. The first-order valence-corrected chi connectivity index (χ1v) is 16.5. The minimum atomic E-state index is -1.25. The third kappa shape index (κ3) is 8.76. The van der Waals surface area contributed by atoms with Gasteiger partial charge in [0.15, 0.2) is 18.3 Å². The van der Waals surface area contributed by atoms with Gasteiger partial charge in [0.1, 0.15) is 11.5 Å². The maximum atomic E-state index is 13.6. The summed E-state index contributed by atoms with van der Waals surface area (Å²) in [5.74, 6) is -1.61. The van der Waals surface area contributed by atoms with Crippen molar-refractivity contribution in [3.05, 3.63) is 138 Å². The van der Waals surface area contributed by atoms with Crippen LogP contribution < -0.4 is 0 Å². The molecular weight excluding hydrogens is 613 g/mol. The first-order valence-electron chi connectivity index (χ1n) is 14.3. The van der Waals surface area contributed by atoms with E-state index in [1.165, 1.54) is 23.5 Å². The highest BCUT2D eigenvalue weighted by atomic mass is 32.2. The fourth-order valence-electron chi connectivity index (χ4n) is 4.69. The number of hydrogen-bond acceptors (Lipinski definition) is 10. The molecule has 1 heterocycles. The van der Waals surface area contributed by atoms with Gasteiger partial charge in [-0.15, -0.1) is 11.8 Å². The molecule has 0 unspecified atom stereocenters. The van der Waals surface area contributed by atoms with Gasteiger partial charge in [0.25, 0.3) is 0 Å². The molecular formula is C35H32O8S2. The van der Waals surface area contributed by atoms with Crippen molar-refractivity contribution in [1.29, 1.82) is 0 Å². The summed E-state index contributed by atoms with van der Waals surface area (Å²) >= 11 is 2.78. The summed E-state index contributed by atoms with van der Waals surface area (Å²) in [6, 6.07) is 34.9. The summed E-state index contributed by atoms with van der Waals surface area (Å²) in [5, 5.41) is 0. The summed E-state index contributed by atoms with van der Waals surface area (Å²) in [5.41, 5.74) is 0.0290. The minimum absolute atomic E-state index is 0.0260. The summed E-state index contributed by atoms with van der Waals surface area (Å²) in [4.78, 5) is 41.3. The van der Waals surface area contributed by atoms with Crippen LogP contribution in [0.3, 0.4) is 0 Å². The molecule has 5 rings (SSSR count). The van der Waals surface area contributed by atoms with Crippen LogP contribution in [0.25, 0.3) is 0 Å². The van der Waals surface area contributed by atoms with Gasteiger partial charge in [-0.05, 0) is 54.8 Å². The van der Waals surface area contributed by atoms with Gasteiger partial charge in [0.05, 0.1) is 29.2 Å². The lowest BCUT2D eigenvalue weighted by Gasteiger charge is -2.44. The summed E-state index contributed by atoms with van der Waals surface area (Å²) in [7, 11) is 0. The Balaban J connectivity index is 1.56.